The van der Waals surface area contributed by atoms with Crippen molar-refractivity contribution in [2.45, 2.75) is 25.2 Å². The summed E-state index contributed by atoms with van der Waals surface area (Å²) < 4.78 is 13.6. The number of pyridine rings is 1. The van der Waals surface area contributed by atoms with Crippen LogP contribution in [0.3, 0.4) is 0 Å². The molecule has 0 saturated heterocycles. The van der Waals surface area contributed by atoms with E-state index in [4.69, 9.17) is 11.6 Å². The largest absolute Gasteiger partial charge is 0.505 e. The van der Waals surface area contributed by atoms with Crippen molar-refractivity contribution < 1.29 is 14.3 Å². The third-order valence-electron chi connectivity index (χ3n) is 4.13. The molecule has 1 aromatic carbocycles. The molecular weight excluding hydrogens is 293 g/mol. The van der Waals surface area contributed by atoms with Crippen molar-refractivity contribution in [1.82, 2.24) is 4.98 Å². The first-order chi connectivity index (χ1) is 9.93. The van der Waals surface area contributed by atoms with Crippen LogP contribution in [0, 0.1) is 5.82 Å². The van der Waals surface area contributed by atoms with E-state index in [-0.39, 0.29) is 5.78 Å². The molecule has 1 unspecified atom stereocenters. The Bertz CT molecular complexity index is 747. The van der Waals surface area contributed by atoms with Gasteiger partial charge in [0.15, 0.2) is 17.3 Å². The van der Waals surface area contributed by atoms with Crippen LogP contribution >= 0.6 is 11.6 Å². The molecule has 1 aliphatic rings. The lowest BCUT2D eigenvalue weighted by atomic mass is 9.68. The zero-order valence-electron chi connectivity index (χ0n) is 11.4. The number of aromatic hydroxyl groups is 1. The van der Waals surface area contributed by atoms with Gasteiger partial charge in [0.05, 0.1) is 11.1 Å². The number of rotatable bonds is 1. The molecule has 0 bridgehead atoms. The van der Waals surface area contributed by atoms with Crippen LogP contribution in [0.1, 0.15) is 35.0 Å². The summed E-state index contributed by atoms with van der Waals surface area (Å²) >= 11 is 5.85. The molecule has 1 heterocycles. The molecule has 21 heavy (non-hydrogen) atoms. The minimum Gasteiger partial charge on any atom is -0.505 e. The first-order valence-electron chi connectivity index (χ1n) is 6.61. The molecule has 1 aromatic heterocycles. The maximum absolute atomic E-state index is 13.6. The van der Waals surface area contributed by atoms with Gasteiger partial charge in [-0.1, -0.05) is 23.7 Å². The SMILES string of the molecule is CC1(c2cccc(F)c2O)CCc2nc(Cl)ccc2C1=O. The van der Waals surface area contributed by atoms with E-state index in [1.54, 1.807) is 25.1 Å². The molecule has 1 N–H and O–H groups in total. The number of ketones is 1. The normalized spacial score (nSPS) is 21.2. The van der Waals surface area contributed by atoms with E-state index in [2.05, 4.69) is 4.98 Å². The lowest BCUT2D eigenvalue weighted by molar-refractivity contribution is 0.0871. The Balaban J connectivity index is 2.14. The fraction of sp³-hybridized carbons (Fsp3) is 0.250. The molecule has 1 aliphatic carbocycles. The lowest BCUT2D eigenvalue weighted by Crippen LogP contribution is -2.38. The number of Topliss-reactive ketones (excluding diaryl/α,β-unsaturated/α-hetero) is 1. The third-order valence-corrected chi connectivity index (χ3v) is 4.34. The van der Waals surface area contributed by atoms with Crippen molar-refractivity contribution in [2.75, 3.05) is 0 Å². The Labute approximate surface area is 126 Å². The highest BCUT2D eigenvalue weighted by atomic mass is 35.5. The molecule has 0 saturated carbocycles. The van der Waals surface area contributed by atoms with Gasteiger partial charge < -0.3 is 5.11 Å². The van der Waals surface area contributed by atoms with Crippen LogP contribution in [-0.2, 0) is 11.8 Å². The lowest BCUT2D eigenvalue weighted by Gasteiger charge is -2.33. The smallest absolute Gasteiger partial charge is 0.175 e. The average molecular weight is 306 g/mol. The highest BCUT2D eigenvalue weighted by Gasteiger charge is 2.42. The Morgan fingerprint density at radius 3 is 2.86 bits per heavy atom. The third kappa shape index (κ3) is 2.10. The fourth-order valence-corrected chi connectivity index (χ4v) is 3.03. The summed E-state index contributed by atoms with van der Waals surface area (Å²) in [4.78, 5) is 17.0. The Morgan fingerprint density at radius 1 is 1.33 bits per heavy atom. The van der Waals surface area contributed by atoms with Crippen molar-refractivity contribution in [3.8, 4) is 5.75 Å². The van der Waals surface area contributed by atoms with Gasteiger partial charge in [0, 0.05) is 11.1 Å². The highest BCUT2D eigenvalue weighted by Crippen LogP contribution is 2.42. The molecule has 0 fully saturated rings. The molecule has 0 amide bonds. The average Bonchev–Trinajstić information content (AvgIpc) is 2.46. The first kappa shape index (κ1) is 14.0. The maximum Gasteiger partial charge on any atom is 0.175 e. The van der Waals surface area contributed by atoms with Gasteiger partial charge in [-0.05, 0) is 38.0 Å². The summed E-state index contributed by atoms with van der Waals surface area (Å²) in [5.41, 5.74) is 0.486. The fourth-order valence-electron chi connectivity index (χ4n) is 2.87. The van der Waals surface area contributed by atoms with Crippen LogP contribution < -0.4 is 0 Å². The zero-order valence-corrected chi connectivity index (χ0v) is 12.1. The van der Waals surface area contributed by atoms with Crippen molar-refractivity contribution >= 4 is 17.4 Å². The van der Waals surface area contributed by atoms with Crippen LogP contribution in [0.2, 0.25) is 5.15 Å². The summed E-state index contributed by atoms with van der Waals surface area (Å²) in [6.07, 6.45) is 0.997. The molecule has 3 nitrogen and oxygen atoms in total. The van der Waals surface area contributed by atoms with Crippen LogP contribution in [0.25, 0.3) is 0 Å². The number of hydrogen-bond acceptors (Lipinski definition) is 3. The monoisotopic (exact) mass is 305 g/mol. The predicted octanol–water partition coefficient (Wildman–Crippen LogP) is 3.67. The summed E-state index contributed by atoms with van der Waals surface area (Å²) in [5, 5.41) is 10.3. The second-order valence-corrected chi connectivity index (χ2v) is 5.81. The van der Waals surface area contributed by atoms with E-state index in [0.717, 1.165) is 0 Å². The number of nitrogens with zero attached hydrogens (tertiary/aromatic N) is 1. The van der Waals surface area contributed by atoms with Crippen molar-refractivity contribution in [2.24, 2.45) is 0 Å². The summed E-state index contributed by atoms with van der Waals surface area (Å²) in [6.45, 7) is 1.72. The molecule has 108 valence electrons. The van der Waals surface area contributed by atoms with E-state index in [1.165, 1.54) is 12.1 Å². The number of hydrogen-bond donors (Lipinski definition) is 1. The second-order valence-electron chi connectivity index (χ2n) is 5.43. The van der Waals surface area contributed by atoms with Crippen LogP contribution in [-0.4, -0.2) is 15.9 Å². The van der Waals surface area contributed by atoms with Crippen molar-refractivity contribution in [3.05, 3.63) is 58.1 Å². The van der Waals surface area contributed by atoms with Gasteiger partial charge in [-0.2, -0.15) is 0 Å². The number of carbonyl (C=O) groups is 1. The number of para-hydroxylation sites is 1. The number of benzene rings is 1. The van der Waals surface area contributed by atoms with E-state index in [0.29, 0.717) is 34.8 Å². The standard InChI is InChI=1S/C16H13ClFNO2/c1-16(10-3-2-4-11(18)14(10)20)8-7-12-9(15(16)21)5-6-13(17)19-12/h2-6,20H,7-8H2,1H3. The number of aryl methyl sites for hydroxylation is 1. The summed E-state index contributed by atoms with van der Waals surface area (Å²) in [5.74, 6) is -1.35. The minimum atomic E-state index is -0.964. The van der Waals surface area contributed by atoms with Gasteiger partial charge in [0.2, 0.25) is 0 Å². The molecule has 2 aromatic rings. The predicted molar refractivity (Wildman–Crippen MR) is 77.3 cm³/mol. The number of carbonyl (C=O) groups excluding carboxylic acids is 1. The van der Waals surface area contributed by atoms with Crippen LogP contribution in [0.4, 0.5) is 4.39 Å². The Morgan fingerprint density at radius 2 is 2.10 bits per heavy atom. The summed E-state index contributed by atoms with van der Waals surface area (Å²) in [7, 11) is 0. The van der Waals surface area contributed by atoms with Gasteiger partial charge >= 0.3 is 0 Å². The topological polar surface area (TPSA) is 50.2 Å². The van der Waals surface area contributed by atoms with Gasteiger partial charge in [-0.3, -0.25) is 4.79 Å². The number of fused-ring (bicyclic) bond motifs is 1. The number of phenols is 1. The maximum atomic E-state index is 13.6. The second kappa shape index (κ2) is 4.81. The quantitative estimate of drug-likeness (QED) is 0.818. The zero-order chi connectivity index (χ0) is 15.2. The highest BCUT2D eigenvalue weighted by molar-refractivity contribution is 6.29. The van der Waals surface area contributed by atoms with E-state index in [1.807, 2.05) is 0 Å². The van der Waals surface area contributed by atoms with Gasteiger partial charge in [-0.15, -0.1) is 0 Å². The molecule has 0 spiro atoms. The van der Waals surface area contributed by atoms with Gasteiger partial charge in [-0.25, -0.2) is 9.37 Å². The van der Waals surface area contributed by atoms with Crippen molar-refractivity contribution in [1.29, 1.82) is 0 Å². The van der Waals surface area contributed by atoms with Crippen LogP contribution in [0.15, 0.2) is 30.3 Å². The molecular formula is C16H13ClFNO2. The molecule has 5 heteroatoms. The van der Waals surface area contributed by atoms with E-state index in [9.17, 15) is 14.3 Å². The number of aromatic nitrogens is 1. The number of phenolic OH excluding ortho intramolecular Hbond substituents is 1. The van der Waals surface area contributed by atoms with Gasteiger partial charge in [0.1, 0.15) is 5.15 Å². The Hall–Kier alpha value is -1.94. The molecule has 0 aliphatic heterocycles. The first-order valence-corrected chi connectivity index (χ1v) is 6.99. The van der Waals surface area contributed by atoms with Gasteiger partial charge in [0.25, 0.3) is 0 Å². The van der Waals surface area contributed by atoms with E-state index < -0.39 is 17.0 Å². The summed E-state index contributed by atoms with van der Waals surface area (Å²) in [6, 6.07) is 7.46. The minimum absolute atomic E-state index is 0.172. The van der Waals surface area contributed by atoms with Crippen molar-refractivity contribution in [3.63, 3.8) is 0 Å². The van der Waals surface area contributed by atoms with E-state index >= 15 is 0 Å². The molecule has 1 atom stereocenters. The Kier molecular flexibility index (Phi) is 3.21. The van der Waals surface area contributed by atoms with Crippen LogP contribution in [0.5, 0.6) is 5.75 Å². The molecule has 3 rings (SSSR count). The molecule has 0 radical (unpaired) electrons. The number of halogens is 2.